The Morgan fingerprint density at radius 2 is 1.63 bits per heavy atom. The van der Waals surface area contributed by atoms with Crippen molar-refractivity contribution in [3.63, 3.8) is 0 Å². The molecular weight excluding hydrogens is 422 g/mol. The molecule has 0 bridgehead atoms. The van der Waals surface area contributed by atoms with Crippen molar-refractivity contribution in [2.24, 2.45) is 0 Å². The van der Waals surface area contributed by atoms with Gasteiger partial charge in [-0.2, -0.15) is 0 Å². The topological polar surface area (TPSA) is 70.7 Å². The van der Waals surface area contributed by atoms with Crippen LogP contribution in [-0.4, -0.2) is 19.0 Å². The maximum Gasteiger partial charge on any atom is 0.336 e. The first kappa shape index (κ1) is 21.5. The number of rotatable bonds is 5. The van der Waals surface area contributed by atoms with Crippen molar-refractivity contribution in [2.75, 3.05) is 22.0 Å². The molecule has 3 rings (SSSR count). The molecule has 6 nitrogen and oxygen atoms in total. The van der Waals surface area contributed by atoms with Crippen LogP contribution in [0.5, 0.6) is 5.75 Å². The van der Waals surface area contributed by atoms with Crippen LogP contribution in [0.4, 0.5) is 21.9 Å². The molecule has 154 valence electrons. The van der Waals surface area contributed by atoms with Crippen LogP contribution in [0.15, 0.2) is 66.7 Å². The zero-order chi connectivity index (χ0) is 21.7. The third-order valence-electron chi connectivity index (χ3n) is 4.34. The number of thiol groups is 1. The molecule has 3 aromatic carbocycles. The van der Waals surface area contributed by atoms with Crippen LogP contribution >= 0.6 is 24.4 Å². The van der Waals surface area contributed by atoms with E-state index in [1.54, 1.807) is 60.7 Å². The van der Waals surface area contributed by atoms with Gasteiger partial charge >= 0.3 is 6.03 Å². The monoisotopic (exact) mass is 441 g/mol. The standard InChI is InChI=1S/C22H20ClN3O3S/c1-14-7-8-16(13-19(14)23)25-22(28)26(30)17-11-9-15(10-12-17)24-21(27)18-5-3-4-6-20(18)29-2/h3-13,30H,1-2H3,(H,24,27)(H,25,28). The molecule has 0 saturated heterocycles. The number of carbonyl (C=O) groups is 2. The van der Waals surface area contributed by atoms with E-state index in [0.29, 0.717) is 33.4 Å². The highest BCUT2D eigenvalue weighted by molar-refractivity contribution is 7.82. The molecule has 0 atom stereocenters. The maximum atomic E-state index is 12.5. The van der Waals surface area contributed by atoms with E-state index in [-0.39, 0.29) is 5.91 Å². The summed E-state index contributed by atoms with van der Waals surface area (Å²) in [5, 5.41) is 6.10. The van der Waals surface area contributed by atoms with Crippen molar-refractivity contribution in [3.05, 3.63) is 82.9 Å². The zero-order valence-corrected chi connectivity index (χ0v) is 18.0. The van der Waals surface area contributed by atoms with Gasteiger partial charge in [-0.1, -0.05) is 42.6 Å². The lowest BCUT2D eigenvalue weighted by Crippen LogP contribution is -2.26. The van der Waals surface area contributed by atoms with Crippen LogP contribution in [0.1, 0.15) is 15.9 Å². The fourth-order valence-electron chi connectivity index (χ4n) is 2.68. The molecule has 3 amide bonds. The Hall–Kier alpha value is -3.16. The lowest BCUT2D eigenvalue weighted by atomic mass is 10.2. The number of hydrogen-bond donors (Lipinski definition) is 3. The first-order valence-corrected chi connectivity index (χ1v) is 9.77. The average molecular weight is 442 g/mol. The van der Waals surface area contributed by atoms with E-state index in [2.05, 4.69) is 23.4 Å². The van der Waals surface area contributed by atoms with Crippen LogP contribution in [0, 0.1) is 6.92 Å². The van der Waals surface area contributed by atoms with Gasteiger partial charge in [0.15, 0.2) is 0 Å². The molecule has 0 radical (unpaired) electrons. The summed E-state index contributed by atoms with van der Waals surface area (Å²) in [5.41, 5.74) is 3.01. The van der Waals surface area contributed by atoms with Crippen LogP contribution in [-0.2, 0) is 0 Å². The first-order valence-electron chi connectivity index (χ1n) is 8.99. The quantitative estimate of drug-likeness (QED) is 0.438. The Morgan fingerprint density at radius 1 is 0.967 bits per heavy atom. The number of para-hydroxylation sites is 1. The Kier molecular flexibility index (Phi) is 6.87. The van der Waals surface area contributed by atoms with Crippen molar-refractivity contribution in [1.29, 1.82) is 0 Å². The van der Waals surface area contributed by atoms with E-state index in [0.717, 1.165) is 5.56 Å². The molecule has 0 spiro atoms. The van der Waals surface area contributed by atoms with Crippen molar-refractivity contribution in [2.45, 2.75) is 6.92 Å². The van der Waals surface area contributed by atoms with Crippen LogP contribution in [0.2, 0.25) is 5.02 Å². The van der Waals surface area contributed by atoms with Gasteiger partial charge in [0.05, 0.1) is 18.4 Å². The molecule has 30 heavy (non-hydrogen) atoms. The molecule has 0 fully saturated rings. The van der Waals surface area contributed by atoms with Gasteiger partial charge in [-0.25, -0.2) is 9.10 Å². The van der Waals surface area contributed by atoms with E-state index in [1.165, 1.54) is 11.4 Å². The minimum absolute atomic E-state index is 0.295. The number of urea groups is 1. The van der Waals surface area contributed by atoms with E-state index < -0.39 is 6.03 Å². The summed E-state index contributed by atoms with van der Waals surface area (Å²) in [7, 11) is 1.51. The molecule has 0 aliphatic heterocycles. The zero-order valence-electron chi connectivity index (χ0n) is 16.3. The Bertz CT molecular complexity index is 1070. The maximum absolute atomic E-state index is 12.5. The molecule has 3 aromatic rings. The number of methoxy groups -OCH3 is 1. The minimum atomic E-state index is -0.441. The number of nitrogens with zero attached hydrogens (tertiary/aromatic N) is 1. The smallest absolute Gasteiger partial charge is 0.336 e. The summed E-state index contributed by atoms with van der Waals surface area (Å²) in [6.07, 6.45) is 0. The number of anilines is 3. The lowest BCUT2D eigenvalue weighted by molar-refractivity contribution is 0.102. The van der Waals surface area contributed by atoms with Crippen molar-refractivity contribution in [1.82, 2.24) is 0 Å². The first-order chi connectivity index (χ1) is 14.4. The third kappa shape index (κ3) is 5.06. The Morgan fingerprint density at radius 3 is 2.30 bits per heavy atom. The van der Waals surface area contributed by atoms with Gasteiger partial charge < -0.3 is 15.4 Å². The van der Waals surface area contributed by atoms with Gasteiger partial charge in [0.1, 0.15) is 5.75 Å². The molecule has 0 saturated carbocycles. The largest absolute Gasteiger partial charge is 0.496 e. The third-order valence-corrected chi connectivity index (χ3v) is 5.16. The normalized spacial score (nSPS) is 10.3. The van der Waals surface area contributed by atoms with Gasteiger partial charge in [-0.3, -0.25) is 4.79 Å². The van der Waals surface area contributed by atoms with E-state index in [9.17, 15) is 9.59 Å². The fraction of sp³-hybridized carbons (Fsp3) is 0.0909. The summed E-state index contributed by atoms with van der Waals surface area (Å²) < 4.78 is 6.38. The fourth-order valence-corrected chi connectivity index (χ4v) is 3.04. The van der Waals surface area contributed by atoms with Gasteiger partial charge in [-0.15, -0.1) is 0 Å². The molecule has 0 aliphatic carbocycles. The number of ether oxygens (including phenoxy) is 1. The minimum Gasteiger partial charge on any atom is -0.496 e. The van der Waals surface area contributed by atoms with Crippen molar-refractivity contribution < 1.29 is 14.3 Å². The average Bonchev–Trinajstić information content (AvgIpc) is 2.76. The number of hydrogen-bond acceptors (Lipinski definition) is 4. The van der Waals surface area contributed by atoms with E-state index in [4.69, 9.17) is 16.3 Å². The molecule has 0 aliphatic rings. The molecule has 0 unspecified atom stereocenters. The van der Waals surface area contributed by atoms with Crippen LogP contribution < -0.4 is 19.7 Å². The summed E-state index contributed by atoms with van der Waals surface area (Å²) in [5.74, 6) is 0.193. The number of benzene rings is 3. The number of halogens is 1. The highest BCUT2D eigenvalue weighted by Crippen LogP contribution is 2.24. The molecule has 2 N–H and O–H groups in total. The Labute approximate surface area is 185 Å². The number of carbonyl (C=O) groups excluding carboxylic acids is 2. The van der Waals surface area contributed by atoms with E-state index >= 15 is 0 Å². The van der Waals surface area contributed by atoms with E-state index in [1.807, 2.05) is 13.0 Å². The lowest BCUT2D eigenvalue weighted by Gasteiger charge is -2.17. The highest BCUT2D eigenvalue weighted by atomic mass is 35.5. The summed E-state index contributed by atoms with van der Waals surface area (Å²) in [6, 6.07) is 18.5. The van der Waals surface area contributed by atoms with Crippen LogP contribution in [0.3, 0.4) is 0 Å². The second-order valence-corrected chi connectivity index (χ2v) is 7.21. The summed E-state index contributed by atoms with van der Waals surface area (Å²) in [4.78, 5) is 24.9. The van der Waals surface area contributed by atoms with Crippen molar-refractivity contribution in [3.8, 4) is 5.75 Å². The van der Waals surface area contributed by atoms with Gasteiger partial charge in [0.2, 0.25) is 0 Å². The molecule has 0 heterocycles. The summed E-state index contributed by atoms with van der Waals surface area (Å²) >= 11 is 10.4. The van der Waals surface area contributed by atoms with Crippen molar-refractivity contribution >= 4 is 53.4 Å². The van der Waals surface area contributed by atoms with Gasteiger partial charge in [-0.05, 0) is 61.0 Å². The second kappa shape index (κ2) is 9.56. The predicted molar refractivity (Wildman–Crippen MR) is 124 cm³/mol. The predicted octanol–water partition coefficient (Wildman–Crippen LogP) is 5.79. The second-order valence-electron chi connectivity index (χ2n) is 6.41. The van der Waals surface area contributed by atoms with Gasteiger partial charge in [0.25, 0.3) is 5.91 Å². The van der Waals surface area contributed by atoms with Crippen LogP contribution in [0.25, 0.3) is 0 Å². The Balaban J connectivity index is 1.66. The number of amides is 3. The molecule has 8 heteroatoms. The molecule has 0 aromatic heterocycles. The number of aryl methyl sites for hydroxylation is 1. The molecular formula is C22H20ClN3O3S. The highest BCUT2D eigenvalue weighted by Gasteiger charge is 2.14. The SMILES string of the molecule is COc1ccccc1C(=O)Nc1ccc(N(S)C(=O)Nc2ccc(C)c(Cl)c2)cc1. The van der Waals surface area contributed by atoms with Gasteiger partial charge in [0, 0.05) is 16.4 Å². The summed E-state index contributed by atoms with van der Waals surface area (Å²) in [6.45, 7) is 1.88. The number of nitrogens with one attached hydrogen (secondary N) is 2.